The molecule has 0 aliphatic carbocycles. The van der Waals surface area contributed by atoms with E-state index in [2.05, 4.69) is 0 Å². The van der Waals surface area contributed by atoms with Crippen LogP contribution in [0.4, 0.5) is 0 Å². The van der Waals surface area contributed by atoms with Crippen molar-refractivity contribution in [2.24, 2.45) is 5.92 Å². The average Bonchev–Trinajstić information content (AvgIpc) is 1.84. The number of aliphatic hydroxyl groups excluding tert-OH is 1. The van der Waals surface area contributed by atoms with Gasteiger partial charge in [-0.2, -0.15) is 0 Å². The van der Waals surface area contributed by atoms with E-state index in [9.17, 15) is 4.79 Å². The molecule has 0 saturated carbocycles. The number of rotatable bonds is 3. The molecule has 54 valence electrons. The van der Waals surface area contributed by atoms with E-state index in [0.717, 1.165) is 6.42 Å². The van der Waals surface area contributed by atoms with Gasteiger partial charge in [-0.05, 0) is 12.8 Å². The maximum absolute atomic E-state index is 10.5. The summed E-state index contributed by atoms with van der Waals surface area (Å²) < 4.78 is 0. The van der Waals surface area contributed by atoms with Crippen LogP contribution in [0, 0.1) is 5.92 Å². The molecule has 0 aliphatic rings. The topological polar surface area (TPSA) is 37.3 Å². The third kappa shape index (κ3) is 2.61. The minimum atomic E-state index is -0.755. The monoisotopic (exact) mass is 130 g/mol. The summed E-state index contributed by atoms with van der Waals surface area (Å²) in [5, 5.41) is 9.05. The fourth-order valence-electron chi connectivity index (χ4n) is 0.624. The number of ketones is 1. The minimum absolute atomic E-state index is 0.0995. The van der Waals surface area contributed by atoms with Crippen LogP contribution in [0.15, 0.2) is 0 Å². The summed E-state index contributed by atoms with van der Waals surface area (Å²) in [5.41, 5.74) is 0. The van der Waals surface area contributed by atoms with Crippen LogP contribution in [0.5, 0.6) is 0 Å². The maximum Gasteiger partial charge on any atom is 0.158 e. The molecule has 0 aliphatic heterocycles. The summed E-state index contributed by atoms with van der Waals surface area (Å²) in [6.07, 6.45) is 0.0933. The van der Waals surface area contributed by atoms with Crippen molar-refractivity contribution in [3.05, 3.63) is 0 Å². The Kier molecular flexibility index (Phi) is 3.47. The molecule has 0 fully saturated rings. The summed E-state index contributed by atoms with van der Waals surface area (Å²) in [4.78, 5) is 10.5. The smallest absolute Gasteiger partial charge is 0.158 e. The van der Waals surface area contributed by atoms with Crippen LogP contribution in [-0.4, -0.2) is 17.0 Å². The second kappa shape index (κ2) is 3.62. The lowest BCUT2D eigenvalue weighted by molar-refractivity contribution is -0.127. The van der Waals surface area contributed by atoms with E-state index in [0.29, 0.717) is 0 Å². The zero-order chi connectivity index (χ0) is 7.44. The molecule has 2 atom stereocenters. The quantitative estimate of drug-likeness (QED) is 0.618. The summed E-state index contributed by atoms with van der Waals surface area (Å²) >= 11 is 0. The predicted octanol–water partition coefficient (Wildman–Crippen LogP) is 0.982. The summed E-state index contributed by atoms with van der Waals surface area (Å²) in [6, 6.07) is 0. The van der Waals surface area contributed by atoms with Crippen molar-refractivity contribution < 1.29 is 9.90 Å². The van der Waals surface area contributed by atoms with Gasteiger partial charge in [0.05, 0.1) is 0 Å². The molecule has 2 unspecified atom stereocenters. The van der Waals surface area contributed by atoms with Crippen LogP contribution in [0.25, 0.3) is 0 Å². The molecule has 0 aromatic carbocycles. The fraction of sp³-hybridized carbons (Fsp3) is 0.857. The first-order chi connectivity index (χ1) is 4.09. The highest BCUT2D eigenvalue weighted by Gasteiger charge is 2.15. The van der Waals surface area contributed by atoms with Crippen molar-refractivity contribution >= 4 is 5.78 Å². The SMILES string of the molecule is CCC(C)C(O)C(C)=O. The van der Waals surface area contributed by atoms with E-state index in [1.165, 1.54) is 6.92 Å². The lowest BCUT2D eigenvalue weighted by Crippen LogP contribution is -2.24. The first kappa shape index (κ1) is 8.63. The van der Waals surface area contributed by atoms with Gasteiger partial charge in [0.1, 0.15) is 6.10 Å². The van der Waals surface area contributed by atoms with Crippen molar-refractivity contribution in [3.8, 4) is 0 Å². The van der Waals surface area contributed by atoms with Crippen LogP contribution in [0.1, 0.15) is 27.2 Å². The number of hydrogen-bond donors (Lipinski definition) is 1. The van der Waals surface area contributed by atoms with Crippen LogP contribution < -0.4 is 0 Å². The maximum atomic E-state index is 10.5. The zero-order valence-electron chi connectivity index (χ0n) is 6.22. The number of aliphatic hydroxyl groups is 1. The Morgan fingerprint density at radius 1 is 1.67 bits per heavy atom. The molecule has 0 bridgehead atoms. The highest BCUT2D eigenvalue weighted by atomic mass is 16.3. The van der Waals surface area contributed by atoms with Crippen molar-refractivity contribution in [2.75, 3.05) is 0 Å². The largest absolute Gasteiger partial charge is 0.385 e. The van der Waals surface area contributed by atoms with Crippen molar-refractivity contribution in [3.63, 3.8) is 0 Å². The Hall–Kier alpha value is -0.370. The molecule has 0 radical (unpaired) electrons. The molecule has 0 aromatic rings. The molecule has 0 spiro atoms. The first-order valence-corrected chi connectivity index (χ1v) is 3.28. The van der Waals surface area contributed by atoms with Gasteiger partial charge in [-0.25, -0.2) is 0 Å². The number of hydrogen-bond acceptors (Lipinski definition) is 2. The Balaban J connectivity index is 3.72. The van der Waals surface area contributed by atoms with Gasteiger partial charge in [0.15, 0.2) is 5.78 Å². The molecular formula is C7H14O2. The van der Waals surface area contributed by atoms with Gasteiger partial charge < -0.3 is 5.11 Å². The number of Topliss-reactive ketones (excluding diaryl/α,β-unsaturated/α-hetero) is 1. The van der Waals surface area contributed by atoms with Gasteiger partial charge in [0.2, 0.25) is 0 Å². The Labute approximate surface area is 55.9 Å². The summed E-state index contributed by atoms with van der Waals surface area (Å²) in [7, 11) is 0. The molecule has 0 aromatic heterocycles. The van der Waals surface area contributed by atoms with Gasteiger partial charge in [0, 0.05) is 0 Å². The van der Waals surface area contributed by atoms with Crippen molar-refractivity contribution in [2.45, 2.75) is 33.3 Å². The van der Waals surface area contributed by atoms with Crippen LogP contribution in [0.3, 0.4) is 0 Å². The average molecular weight is 130 g/mol. The van der Waals surface area contributed by atoms with Gasteiger partial charge in [-0.1, -0.05) is 20.3 Å². The second-order valence-electron chi connectivity index (χ2n) is 2.44. The van der Waals surface area contributed by atoms with E-state index < -0.39 is 6.10 Å². The van der Waals surface area contributed by atoms with E-state index in [4.69, 9.17) is 5.11 Å². The van der Waals surface area contributed by atoms with Gasteiger partial charge in [-0.15, -0.1) is 0 Å². The van der Waals surface area contributed by atoms with Gasteiger partial charge in [0.25, 0.3) is 0 Å². The molecule has 0 rings (SSSR count). The Bertz CT molecular complexity index is 99.1. The van der Waals surface area contributed by atoms with Crippen LogP contribution in [-0.2, 0) is 4.79 Å². The number of carbonyl (C=O) groups is 1. The van der Waals surface area contributed by atoms with Gasteiger partial charge in [-0.3, -0.25) is 4.79 Å². The molecular weight excluding hydrogens is 116 g/mol. The first-order valence-electron chi connectivity index (χ1n) is 3.28. The van der Waals surface area contributed by atoms with Crippen LogP contribution >= 0.6 is 0 Å². The van der Waals surface area contributed by atoms with Crippen LogP contribution in [0.2, 0.25) is 0 Å². The summed E-state index contributed by atoms with van der Waals surface area (Å²) in [5.74, 6) is -0.0353. The minimum Gasteiger partial charge on any atom is -0.385 e. The van der Waals surface area contributed by atoms with Gasteiger partial charge >= 0.3 is 0 Å². The molecule has 2 nitrogen and oxygen atoms in total. The molecule has 2 heteroatoms. The number of carbonyl (C=O) groups excluding carboxylic acids is 1. The molecule has 0 heterocycles. The molecule has 1 N–H and O–H groups in total. The fourth-order valence-corrected chi connectivity index (χ4v) is 0.624. The van der Waals surface area contributed by atoms with E-state index in [1.807, 2.05) is 13.8 Å². The third-order valence-corrected chi connectivity index (χ3v) is 1.60. The third-order valence-electron chi connectivity index (χ3n) is 1.60. The highest BCUT2D eigenvalue weighted by molar-refractivity contribution is 5.80. The second-order valence-corrected chi connectivity index (χ2v) is 2.44. The summed E-state index contributed by atoms with van der Waals surface area (Å²) in [6.45, 7) is 5.24. The Morgan fingerprint density at radius 2 is 2.11 bits per heavy atom. The van der Waals surface area contributed by atoms with Crippen molar-refractivity contribution in [1.29, 1.82) is 0 Å². The lowest BCUT2D eigenvalue weighted by Gasteiger charge is -2.12. The highest BCUT2D eigenvalue weighted by Crippen LogP contribution is 2.07. The lowest BCUT2D eigenvalue weighted by atomic mass is 9.99. The van der Waals surface area contributed by atoms with E-state index >= 15 is 0 Å². The molecule has 0 amide bonds. The normalized spacial score (nSPS) is 16.9. The van der Waals surface area contributed by atoms with E-state index in [1.54, 1.807) is 0 Å². The predicted molar refractivity (Wildman–Crippen MR) is 36.1 cm³/mol. The van der Waals surface area contributed by atoms with E-state index in [-0.39, 0.29) is 11.7 Å². The Morgan fingerprint density at radius 3 is 2.22 bits per heavy atom. The molecule has 0 saturated heterocycles. The zero-order valence-corrected chi connectivity index (χ0v) is 6.22. The molecule has 9 heavy (non-hydrogen) atoms. The van der Waals surface area contributed by atoms with Crippen molar-refractivity contribution in [1.82, 2.24) is 0 Å². The standard InChI is InChI=1S/C7H14O2/c1-4-5(2)7(9)6(3)8/h5,7,9H,4H2,1-3H3.